The summed E-state index contributed by atoms with van der Waals surface area (Å²) in [6, 6.07) is 5.22. The maximum Gasteiger partial charge on any atom is 0.338 e. The van der Waals surface area contributed by atoms with Gasteiger partial charge in [-0.1, -0.05) is 12.1 Å². The lowest BCUT2D eigenvalue weighted by atomic mass is 10.00. The average molecular weight is 297 g/mol. The average Bonchev–Trinajstić information content (AvgIpc) is 2.43. The van der Waals surface area contributed by atoms with Crippen LogP contribution >= 0.6 is 11.6 Å². The predicted octanol–water partition coefficient (Wildman–Crippen LogP) is 3.13. The van der Waals surface area contributed by atoms with Gasteiger partial charge in [-0.25, -0.2) is 9.59 Å². The van der Waals surface area contributed by atoms with E-state index in [1.807, 2.05) is 0 Å². The molecule has 108 valence electrons. The zero-order valence-corrected chi connectivity index (χ0v) is 12.0. The molecule has 5 heteroatoms. The molecule has 1 N–H and O–H groups in total. The van der Waals surface area contributed by atoms with E-state index in [1.54, 1.807) is 25.1 Å². The van der Waals surface area contributed by atoms with Crippen LogP contribution in [0.15, 0.2) is 24.3 Å². The van der Waals surface area contributed by atoms with Crippen molar-refractivity contribution in [1.29, 1.82) is 0 Å². The second-order valence-corrected chi connectivity index (χ2v) is 4.48. The Morgan fingerprint density at radius 2 is 2.15 bits per heavy atom. The minimum absolute atomic E-state index is 0.295. The van der Waals surface area contributed by atoms with Crippen LogP contribution in [0.25, 0.3) is 6.08 Å². The first-order chi connectivity index (χ1) is 9.58. The van der Waals surface area contributed by atoms with Gasteiger partial charge >= 0.3 is 11.9 Å². The highest BCUT2D eigenvalue weighted by Crippen LogP contribution is 2.17. The molecule has 0 fully saturated rings. The van der Waals surface area contributed by atoms with Gasteiger partial charge in [0.1, 0.15) is 0 Å². The molecule has 4 nitrogen and oxygen atoms in total. The van der Waals surface area contributed by atoms with Crippen molar-refractivity contribution in [2.24, 2.45) is 0 Å². The van der Waals surface area contributed by atoms with Crippen LogP contribution in [0.2, 0.25) is 0 Å². The Morgan fingerprint density at radius 3 is 2.75 bits per heavy atom. The number of halogens is 1. The van der Waals surface area contributed by atoms with Crippen LogP contribution in [0, 0.1) is 0 Å². The predicted molar refractivity (Wildman–Crippen MR) is 78.1 cm³/mol. The Kier molecular flexibility index (Phi) is 6.81. The summed E-state index contributed by atoms with van der Waals surface area (Å²) >= 11 is 5.67. The molecule has 0 spiro atoms. The number of carbonyl (C=O) groups is 2. The van der Waals surface area contributed by atoms with Gasteiger partial charge < -0.3 is 9.84 Å². The van der Waals surface area contributed by atoms with Crippen molar-refractivity contribution >= 4 is 29.6 Å². The molecular weight excluding hydrogens is 280 g/mol. The number of benzene rings is 1. The van der Waals surface area contributed by atoms with Crippen LogP contribution in [-0.2, 0) is 16.0 Å². The van der Waals surface area contributed by atoms with E-state index in [4.69, 9.17) is 21.4 Å². The molecule has 20 heavy (non-hydrogen) atoms. The Morgan fingerprint density at radius 1 is 1.40 bits per heavy atom. The van der Waals surface area contributed by atoms with E-state index >= 15 is 0 Å². The van der Waals surface area contributed by atoms with Crippen LogP contribution in [0.1, 0.15) is 34.8 Å². The largest absolute Gasteiger partial charge is 0.478 e. The molecular formula is C15H17ClO4. The van der Waals surface area contributed by atoms with E-state index in [1.165, 1.54) is 6.08 Å². The van der Waals surface area contributed by atoms with Crippen LogP contribution < -0.4 is 0 Å². The number of carboxylic acids is 1. The fourth-order valence-electron chi connectivity index (χ4n) is 1.74. The van der Waals surface area contributed by atoms with Crippen molar-refractivity contribution in [3.63, 3.8) is 0 Å². The van der Waals surface area contributed by atoms with Gasteiger partial charge in [0.25, 0.3) is 0 Å². The van der Waals surface area contributed by atoms with Crippen molar-refractivity contribution in [3.8, 4) is 0 Å². The number of rotatable bonds is 7. The molecule has 0 unspecified atom stereocenters. The first kappa shape index (κ1) is 16.2. The number of ether oxygens (including phenoxy) is 1. The summed E-state index contributed by atoms with van der Waals surface area (Å²) in [5.74, 6) is -0.917. The fourth-order valence-corrected chi connectivity index (χ4v) is 1.87. The minimum atomic E-state index is -1.03. The summed E-state index contributed by atoms with van der Waals surface area (Å²) in [6.45, 7) is 2.04. The Hall–Kier alpha value is -1.81. The number of carbonyl (C=O) groups excluding carboxylic acids is 1. The highest BCUT2D eigenvalue weighted by atomic mass is 35.5. The third kappa shape index (κ3) is 5.05. The van der Waals surface area contributed by atoms with E-state index in [9.17, 15) is 9.59 Å². The van der Waals surface area contributed by atoms with E-state index in [2.05, 4.69) is 0 Å². The van der Waals surface area contributed by atoms with E-state index in [0.717, 1.165) is 18.1 Å². The standard InChI is InChI=1S/C15H17ClO4/c1-2-20-15(19)13-10-11(6-8-14(17)18)5-7-12(13)4-3-9-16/h5-8,10H,2-4,9H2,1H3,(H,17,18)/b8-6+. The molecule has 0 aliphatic rings. The molecule has 1 aromatic rings. The van der Waals surface area contributed by atoms with Gasteiger partial charge in [-0.2, -0.15) is 0 Å². The SMILES string of the molecule is CCOC(=O)c1cc(/C=C/C(=O)O)ccc1CCCCl. The number of carboxylic acid groups (broad SMARTS) is 1. The van der Waals surface area contributed by atoms with Gasteiger partial charge in [0.05, 0.1) is 12.2 Å². The van der Waals surface area contributed by atoms with Crippen molar-refractivity contribution < 1.29 is 19.4 Å². The lowest BCUT2D eigenvalue weighted by molar-refractivity contribution is -0.131. The normalized spacial score (nSPS) is 10.7. The molecule has 1 rings (SSSR count). The number of aliphatic carboxylic acids is 1. The van der Waals surface area contributed by atoms with Gasteiger partial charge in [0.2, 0.25) is 0 Å². The van der Waals surface area contributed by atoms with Crippen molar-refractivity contribution in [3.05, 3.63) is 41.0 Å². The van der Waals surface area contributed by atoms with Crippen molar-refractivity contribution in [2.75, 3.05) is 12.5 Å². The third-order valence-corrected chi connectivity index (χ3v) is 2.89. The van der Waals surface area contributed by atoms with Crippen LogP contribution in [0.4, 0.5) is 0 Å². The minimum Gasteiger partial charge on any atom is -0.478 e. The van der Waals surface area contributed by atoms with Crippen LogP contribution in [0.3, 0.4) is 0 Å². The molecule has 0 aliphatic heterocycles. The van der Waals surface area contributed by atoms with E-state index < -0.39 is 11.9 Å². The van der Waals surface area contributed by atoms with Gasteiger partial charge in [0.15, 0.2) is 0 Å². The summed E-state index contributed by atoms with van der Waals surface area (Å²) < 4.78 is 5.02. The fraction of sp³-hybridized carbons (Fsp3) is 0.333. The molecule has 0 saturated heterocycles. The number of alkyl halides is 1. The summed E-state index contributed by atoms with van der Waals surface area (Å²) in [4.78, 5) is 22.4. The van der Waals surface area contributed by atoms with Crippen molar-refractivity contribution in [1.82, 2.24) is 0 Å². The molecule has 0 atom stereocenters. The molecule has 0 amide bonds. The smallest absolute Gasteiger partial charge is 0.338 e. The van der Waals surface area contributed by atoms with Crippen LogP contribution in [0.5, 0.6) is 0 Å². The first-order valence-electron chi connectivity index (χ1n) is 6.35. The molecule has 1 aromatic carbocycles. The van der Waals surface area contributed by atoms with Gasteiger partial charge in [-0.15, -0.1) is 11.6 Å². The number of esters is 1. The second-order valence-electron chi connectivity index (χ2n) is 4.10. The third-order valence-electron chi connectivity index (χ3n) is 2.63. The number of aryl methyl sites for hydroxylation is 1. The second kappa shape index (κ2) is 8.38. The highest BCUT2D eigenvalue weighted by molar-refractivity contribution is 6.17. The highest BCUT2D eigenvalue weighted by Gasteiger charge is 2.12. The summed E-state index contributed by atoms with van der Waals surface area (Å²) in [5.41, 5.74) is 1.96. The Balaban J connectivity index is 3.07. The lowest BCUT2D eigenvalue weighted by Gasteiger charge is -2.09. The molecule has 0 aromatic heterocycles. The van der Waals surface area contributed by atoms with Crippen molar-refractivity contribution in [2.45, 2.75) is 19.8 Å². The molecule has 0 heterocycles. The zero-order valence-electron chi connectivity index (χ0n) is 11.3. The Labute approximate surface area is 123 Å². The number of hydrogen-bond acceptors (Lipinski definition) is 3. The molecule has 0 radical (unpaired) electrons. The van der Waals surface area contributed by atoms with E-state index in [0.29, 0.717) is 30.0 Å². The first-order valence-corrected chi connectivity index (χ1v) is 6.89. The molecule has 0 bridgehead atoms. The monoisotopic (exact) mass is 296 g/mol. The maximum atomic E-state index is 11.9. The Bertz CT molecular complexity index is 509. The maximum absolute atomic E-state index is 11.9. The summed E-state index contributed by atoms with van der Waals surface area (Å²) in [7, 11) is 0. The summed E-state index contributed by atoms with van der Waals surface area (Å²) in [6.07, 6.45) is 3.91. The molecule has 0 saturated carbocycles. The quantitative estimate of drug-likeness (QED) is 0.477. The van der Waals surface area contributed by atoms with E-state index in [-0.39, 0.29) is 0 Å². The number of hydrogen-bond donors (Lipinski definition) is 1. The van der Waals surface area contributed by atoms with Gasteiger partial charge in [-0.05, 0) is 43.0 Å². The lowest BCUT2D eigenvalue weighted by Crippen LogP contribution is -2.09. The van der Waals surface area contributed by atoms with Gasteiger partial charge in [0, 0.05) is 12.0 Å². The topological polar surface area (TPSA) is 63.6 Å². The summed E-state index contributed by atoms with van der Waals surface area (Å²) in [5, 5.41) is 8.62. The van der Waals surface area contributed by atoms with Gasteiger partial charge in [-0.3, -0.25) is 0 Å². The molecule has 0 aliphatic carbocycles. The zero-order chi connectivity index (χ0) is 15.0. The van der Waals surface area contributed by atoms with Crippen LogP contribution in [-0.4, -0.2) is 29.5 Å².